The van der Waals surface area contributed by atoms with Gasteiger partial charge in [0.15, 0.2) is 28.9 Å². The van der Waals surface area contributed by atoms with Gasteiger partial charge in [-0.15, -0.1) is 0 Å². The summed E-state index contributed by atoms with van der Waals surface area (Å²) >= 11 is 0. The number of nitrogens with one attached hydrogen (secondary N) is 1. The monoisotopic (exact) mass is 544 g/mol. The van der Waals surface area contributed by atoms with Crippen LogP contribution in [0, 0.1) is 29.2 Å². The number of carbonyl (C=O) groups is 1. The van der Waals surface area contributed by atoms with Gasteiger partial charge in [-0.25, -0.2) is 22.5 Å². The standard InChI is InChI=1S/C24H19F7N4O3/c1-23(38)8-34(9-23)21-16(28)6-12-18(36)13(22(37)32-19(10-2-3-10)24(29,30)31)7-35(20(12)33-21)17-14(26)4-11(25)5-15(17)27/h4-7,10,19,38H,2-3,8-9H2,1H3,(H,32,37)/t19-/m0/s1. The molecule has 1 atom stereocenters. The fraction of sp³-hybridized carbons (Fsp3) is 0.375. The van der Waals surface area contributed by atoms with Crippen molar-refractivity contribution in [2.24, 2.45) is 5.92 Å². The van der Waals surface area contributed by atoms with Gasteiger partial charge < -0.3 is 15.3 Å². The average molecular weight is 544 g/mol. The Morgan fingerprint density at radius 3 is 2.24 bits per heavy atom. The lowest BCUT2D eigenvalue weighted by Crippen LogP contribution is -2.60. The fourth-order valence-corrected chi connectivity index (χ4v) is 4.57. The summed E-state index contributed by atoms with van der Waals surface area (Å²) in [5.41, 5.74) is -4.91. The summed E-state index contributed by atoms with van der Waals surface area (Å²) in [6.45, 7) is 1.35. The van der Waals surface area contributed by atoms with Crippen LogP contribution in [0.15, 0.2) is 29.2 Å². The lowest BCUT2D eigenvalue weighted by atomic mass is 9.97. The lowest BCUT2D eigenvalue weighted by Gasteiger charge is -2.45. The van der Waals surface area contributed by atoms with Crippen molar-refractivity contribution in [2.45, 2.75) is 37.6 Å². The summed E-state index contributed by atoms with van der Waals surface area (Å²) in [7, 11) is 0. The Morgan fingerprint density at radius 2 is 1.71 bits per heavy atom. The van der Waals surface area contributed by atoms with Crippen LogP contribution in [0.3, 0.4) is 0 Å². The molecule has 0 bridgehead atoms. The molecular weight excluding hydrogens is 525 g/mol. The molecule has 1 saturated carbocycles. The zero-order valence-corrected chi connectivity index (χ0v) is 19.5. The second-order valence-electron chi connectivity index (χ2n) is 9.81. The highest BCUT2D eigenvalue weighted by molar-refractivity contribution is 5.97. The first-order valence-corrected chi connectivity index (χ1v) is 11.4. The van der Waals surface area contributed by atoms with Gasteiger partial charge in [-0.3, -0.25) is 14.2 Å². The van der Waals surface area contributed by atoms with Crippen LogP contribution in [0.2, 0.25) is 0 Å². The number of fused-ring (bicyclic) bond motifs is 1. The van der Waals surface area contributed by atoms with Crippen molar-refractivity contribution >= 4 is 22.8 Å². The maximum absolute atomic E-state index is 15.0. The van der Waals surface area contributed by atoms with Crippen LogP contribution in [0.4, 0.5) is 36.6 Å². The Labute approximate surface area is 209 Å². The number of aromatic nitrogens is 2. The molecule has 0 spiro atoms. The molecule has 1 aromatic carbocycles. The SMILES string of the molecule is CC1(O)CN(c2nc3c(cc2F)c(=O)c(C(=O)N[C@@H](C2CC2)C(F)(F)F)cn3-c2c(F)cc(F)cc2F)C1. The van der Waals surface area contributed by atoms with Crippen LogP contribution < -0.4 is 15.6 Å². The normalized spacial score (nSPS) is 17.9. The van der Waals surface area contributed by atoms with Gasteiger partial charge in [0.2, 0.25) is 5.43 Å². The Morgan fingerprint density at radius 1 is 1.11 bits per heavy atom. The summed E-state index contributed by atoms with van der Waals surface area (Å²) in [6, 6.07) is -1.01. The van der Waals surface area contributed by atoms with Gasteiger partial charge in [0.25, 0.3) is 5.91 Å². The maximum Gasteiger partial charge on any atom is 0.408 e. The molecule has 1 aliphatic heterocycles. The molecule has 5 rings (SSSR count). The summed E-state index contributed by atoms with van der Waals surface area (Å²) in [4.78, 5) is 31.3. The zero-order valence-electron chi connectivity index (χ0n) is 19.5. The minimum absolute atomic E-state index is 0.0631. The van der Waals surface area contributed by atoms with Crippen LogP contribution in [0.1, 0.15) is 30.1 Å². The Hall–Kier alpha value is -3.68. The molecule has 2 fully saturated rings. The molecule has 1 saturated heterocycles. The van der Waals surface area contributed by atoms with E-state index in [1.807, 2.05) is 0 Å². The minimum Gasteiger partial charge on any atom is -0.386 e. The van der Waals surface area contributed by atoms with Crippen LogP contribution in [-0.4, -0.2) is 51.5 Å². The van der Waals surface area contributed by atoms with Crippen LogP contribution in [-0.2, 0) is 0 Å². The van der Waals surface area contributed by atoms with Gasteiger partial charge in [-0.2, -0.15) is 13.2 Å². The lowest BCUT2D eigenvalue weighted by molar-refractivity contribution is -0.158. The van der Waals surface area contributed by atoms with E-state index < -0.39 is 80.6 Å². The predicted molar refractivity (Wildman–Crippen MR) is 120 cm³/mol. The van der Waals surface area contributed by atoms with Crippen LogP contribution in [0.5, 0.6) is 0 Å². The topological polar surface area (TPSA) is 87.5 Å². The Balaban J connectivity index is 1.71. The van der Waals surface area contributed by atoms with E-state index in [9.17, 15) is 41.0 Å². The van der Waals surface area contributed by atoms with Crippen molar-refractivity contribution in [2.75, 3.05) is 18.0 Å². The molecule has 1 amide bonds. The van der Waals surface area contributed by atoms with E-state index in [2.05, 4.69) is 4.98 Å². The molecule has 38 heavy (non-hydrogen) atoms. The predicted octanol–water partition coefficient (Wildman–Crippen LogP) is 3.58. The molecule has 3 aromatic rings. The first-order valence-electron chi connectivity index (χ1n) is 11.4. The Kier molecular flexibility index (Phi) is 5.93. The van der Waals surface area contributed by atoms with E-state index in [0.29, 0.717) is 29.0 Å². The van der Waals surface area contributed by atoms with Crippen LogP contribution >= 0.6 is 0 Å². The largest absolute Gasteiger partial charge is 0.408 e. The molecule has 14 heteroatoms. The number of β-amino-alcohol motifs (C(OH)–C–C–N with tert-alkyl or cyclic N) is 1. The van der Waals surface area contributed by atoms with Gasteiger partial charge in [-0.05, 0) is 31.7 Å². The molecule has 0 radical (unpaired) electrons. The number of pyridine rings is 2. The van der Waals surface area contributed by atoms with Gasteiger partial charge in [0.1, 0.15) is 23.1 Å². The molecular formula is C24H19F7N4O3. The van der Waals surface area contributed by atoms with Gasteiger partial charge in [0.05, 0.1) is 11.0 Å². The molecule has 2 aliphatic rings. The van der Waals surface area contributed by atoms with E-state index in [1.165, 1.54) is 11.8 Å². The fourth-order valence-electron chi connectivity index (χ4n) is 4.57. The maximum atomic E-state index is 15.0. The van der Waals surface area contributed by atoms with E-state index in [4.69, 9.17) is 0 Å². The third kappa shape index (κ3) is 4.57. The van der Waals surface area contributed by atoms with Crippen molar-refractivity contribution in [3.8, 4) is 5.69 Å². The summed E-state index contributed by atoms with van der Waals surface area (Å²) in [5, 5.41) is 11.1. The number of rotatable bonds is 5. The molecule has 2 aromatic heterocycles. The number of hydrogen-bond acceptors (Lipinski definition) is 5. The zero-order chi connectivity index (χ0) is 27.7. The van der Waals surface area contributed by atoms with E-state index in [-0.39, 0.29) is 31.7 Å². The highest BCUT2D eigenvalue weighted by Gasteiger charge is 2.50. The minimum atomic E-state index is -4.83. The number of anilines is 1. The van der Waals surface area contributed by atoms with Crippen molar-refractivity contribution in [3.05, 3.63) is 63.5 Å². The number of aliphatic hydroxyl groups is 1. The molecule has 202 valence electrons. The highest BCUT2D eigenvalue weighted by atomic mass is 19.4. The first kappa shape index (κ1) is 25.9. The van der Waals surface area contributed by atoms with Gasteiger partial charge in [-0.1, -0.05) is 0 Å². The Bertz CT molecular complexity index is 1500. The van der Waals surface area contributed by atoms with E-state index in [1.54, 1.807) is 5.32 Å². The number of hydrogen-bond donors (Lipinski definition) is 2. The molecule has 3 heterocycles. The van der Waals surface area contributed by atoms with Crippen LogP contribution in [0.25, 0.3) is 16.7 Å². The molecule has 7 nitrogen and oxygen atoms in total. The smallest absolute Gasteiger partial charge is 0.386 e. The second-order valence-corrected chi connectivity index (χ2v) is 9.81. The summed E-state index contributed by atoms with van der Waals surface area (Å²) in [5.74, 6) is -8.11. The summed E-state index contributed by atoms with van der Waals surface area (Å²) in [6.07, 6.45) is -3.86. The number of amides is 1. The summed E-state index contributed by atoms with van der Waals surface area (Å²) < 4.78 is 99.1. The molecule has 1 aliphatic carbocycles. The van der Waals surface area contributed by atoms with Crippen molar-refractivity contribution in [1.29, 1.82) is 0 Å². The van der Waals surface area contributed by atoms with E-state index >= 15 is 4.39 Å². The van der Waals surface area contributed by atoms with Crippen molar-refractivity contribution in [1.82, 2.24) is 14.9 Å². The number of nitrogens with zero attached hydrogens (tertiary/aromatic N) is 3. The van der Waals surface area contributed by atoms with Gasteiger partial charge in [0, 0.05) is 31.4 Å². The third-order valence-corrected chi connectivity index (χ3v) is 6.48. The quantitative estimate of drug-likeness (QED) is 0.480. The average Bonchev–Trinajstić information content (AvgIpc) is 3.60. The van der Waals surface area contributed by atoms with Gasteiger partial charge >= 0.3 is 6.18 Å². The highest BCUT2D eigenvalue weighted by Crippen LogP contribution is 2.40. The first-order chi connectivity index (χ1) is 17.7. The third-order valence-electron chi connectivity index (χ3n) is 6.48. The number of alkyl halides is 3. The van der Waals surface area contributed by atoms with Crippen molar-refractivity contribution in [3.63, 3.8) is 0 Å². The number of halogens is 7. The number of benzene rings is 1. The van der Waals surface area contributed by atoms with E-state index in [0.717, 1.165) is 0 Å². The molecule has 2 N–H and O–H groups in total. The number of carbonyl (C=O) groups excluding carboxylic acids is 1. The van der Waals surface area contributed by atoms with Crippen molar-refractivity contribution < 1.29 is 40.6 Å². The molecule has 0 unspecified atom stereocenters. The second kappa shape index (κ2) is 8.68.